The molecule has 2 fully saturated rings. The Morgan fingerprint density at radius 3 is 2.61 bits per heavy atom. The number of aromatic nitrogens is 3. The molecule has 0 spiro atoms. The molecule has 2 aliphatic carbocycles. The number of carbonyl (C=O) groups excluding carboxylic acids is 1. The number of nitrogens with one attached hydrogen (secondary N) is 1. The second-order valence-electron chi connectivity index (χ2n) is 11.4. The van der Waals surface area contributed by atoms with Crippen LogP contribution in [0.4, 0.5) is 11.5 Å². The molecule has 2 aliphatic rings. The Bertz CT molecular complexity index is 1370. The Morgan fingerprint density at radius 2 is 1.90 bits per heavy atom. The lowest BCUT2D eigenvalue weighted by Gasteiger charge is -2.35. The van der Waals surface area contributed by atoms with Crippen molar-refractivity contribution in [1.82, 2.24) is 14.8 Å². The number of hydrogen-bond donors (Lipinski definition) is 2. The summed E-state index contributed by atoms with van der Waals surface area (Å²) < 4.78 is 13.3. The Kier molecular flexibility index (Phi) is 9.09. The van der Waals surface area contributed by atoms with Crippen molar-refractivity contribution in [3.05, 3.63) is 42.1 Å². The minimum atomic E-state index is -0.965. The van der Waals surface area contributed by atoms with Crippen LogP contribution in [0, 0.1) is 23.2 Å². The summed E-state index contributed by atoms with van der Waals surface area (Å²) in [4.78, 5) is 16.7. The van der Waals surface area contributed by atoms with Gasteiger partial charge >= 0.3 is 5.97 Å². The number of unbranched alkanes of at least 4 members (excludes halogenated alkanes) is 1. The van der Waals surface area contributed by atoms with E-state index in [4.69, 9.17) is 14.6 Å². The highest BCUT2D eigenvalue weighted by molar-refractivity contribution is 5.96. The molecule has 2 N–H and O–H groups in total. The average Bonchev–Trinajstić information content (AvgIpc) is 3.36. The summed E-state index contributed by atoms with van der Waals surface area (Å²) in [7, 11) is 0. The number of carbonyl (C=O) groups is 1. The van der Waals surface area contributed by atoms with Crippen LogP contribution < -0.4 is 10.1 Å². The molecule has 0 amide bonds. The van der Waals surface area contributed by atoms with Gasteiger partial charge in [-0.15, -0.1) is 0 Å². The number of pyridine rings is 1. The zero-order chi connectivity index (χ0) is 28.8. The van der Waals surface area contributed by atoms with E-state index in [0.29, 0.717) is 50.6 Å². The van der Waals surface area contributed by atoms with E-state index in [1.165, 1.54) is 0 Å². The molecule has 9 nitrogen and oxygen atoms in total. The molecular weight excluding hydrogens is 518 g/mol. The average molecular weight is 560 g/mol. The SMILES string of the molecule is CCCCOc1nccc2c1c(Nc1ccc([C@]3(O)CC[C@@H](C(=O)OCC)CC3)cc1)nn2[C@H]1CCCC[C@@H]1C#N. The van der Waals surface area contributed by atoms with Crippen molar-refractivity contribution in [1.29, 1.82) is 5.26 Å². The van der Waals surface area contributed by atoms with Gasteiger partial charge in [0.15, 0.2) is 5.82 Å². The number of rotatable bonds is 10. The lowest BCUT2D eigenvalue weighted by molar-refractivity contribution is -0.151. The number of aliphatic hydroxyl groups is 1. The minimum Gasteiger partial charge on any atom is -0.477 e. The molecule has 3 aromatic rings. The molecule has 0 radical (unpaired) electrons. The van der Waals surface area contributed by atoms with Gasteiger partial charge in [0.1, 0.15) is 5.39 Å². The van der Waals surface area contributed by atoms with Crippen molar-refractivity contribution >= 4 is 28.4 Å². The van der Waals surface area contributed by atoms with Crippen LogP contribution in [-0.4, -0.2) is 39.1 Å². The fourth-order valence-corrected chi connectivity index (χ4v) is 6.26. The van der Waals surface area contributed by atoms with Gasteiger partial charge in [0, 0.05) is 11.9 Å². The number of ether oxygens (including phenoxy) is 2. The van der Waals surface area contributed by atoms with Crippen molar-refractivity contribution in [3.63, 3.8) is 0 Å². The maximum atomic E-state index is 12.1. The molecular formula is C32H41N5O4. The zero-order valence-corrected chi connectivity index (χ0v) is 24.1. The van der Waals surface area contributed by atoms with Gasteiger partial charge in [-0.1, -0.05) is 38.3 Å². The predicted molar refractivity (Wildman–Crippen MR) is 157 cm³/mol. The van der Waals surface area contributed by atoms with Crippen molar-refractivity contribution in [2.24, 2.45) is 11.8 Å². The van der Waals surface area contributed by atoms with Gasteiger partial charge in [-0.2, -0.15) is 10.4 Å². The largest absolute Gasteiger partial charge is 0.477 e. The first kappa shape index (κ1) is 28.9. The Hall–Kier alpha value is -3.64. The summed E-state index contributed by atoms with van der Waals surface area (Å²) in [5.74, 6) is 0.784. The molecule has 218 valence electrons. The fraction of sp³-hybridized carbons (Fsp3) is 0.562. The molecule has 0 unspecified atom stereocenters. The van der Waals surface area contributed by atoms with E-state index < -0.39 is 5.60 Å². The van der Waals surface area contributed by atoms with Crippen LogP contribution in [0.15, 0.2) is 36.5 Å². The highest BCUT2D eigenvalue weighted by Gasteiger charge is 2.37. The van der Waals surface area contributed by atoms with Crippen molar-refractivity contribution in [2.45, 2.75) is 89.7 Å². The highest BCUT2D eigenvalue weighted by Crippen LogP contribution is 2.42. The molecule has 0 aliphatic heterocycles. The van der Waals surface area contributed by atoms with E-state index in [9.17, 15) is 15.2 Å². The standard InChI is InChI=1S/C32H41N5O4/c1-3-5-20-41-30-28-27(16-19-34-30)37(26-9-7-6-8-23(26)21-33)36-29(28)35-25-12-10-24(11-13-25)32(39)17-14-22(15-18-32)31(38)40-4-2/h10-13,16,19,22-23,26,39H,3-9,14-15,17-18,20H2,1-2H3,(H,35,36)/t22-,23-,26+,32+/m1/s1. The third-order valence-corrected chi connectivity index (χ3v) is 8.65. The highest BCUT2D eigenvalue weighted by atomic mass is 16.5. The monoisotopic (exact) mass is 559 g/mol. The first-order chi connectivity index (χ1) is 20.0. The second-order valence-corrected chi connectivity index (χ2v) is 11.4. The molecule has 2 atom stereocenters. The first-order valence-electron chi connectivity index (χ1n) is 15.1. The zero-order valence-electron chi connectivity index (χ0n) is 24.1. The van der Waals surface area contributed by atoms with Crippen LogP contribution in [0.3, 0.4) is 0 Å². The van der Waals surface area contributed by atoms with E-state index in [2.05, 4.69) is 23.3 Å². The summed E-state index contributed by atoms with van der Waals surface area (Å²) >= 11 is 0. The topological polar surface area (TPSA) is 122 Å². The summed E-state index contributed by atoms with van der Waals surface area (Å²) in [5, 5.41) is 30.5. The minimum absolute atomic E-state index is 0.000879. The summed E-state index contributed by atoms with van der Waals surface area (Å²) in [6, 6.07) is 12.2. The van der Waals surface area contributed by atoms with Gasteiger partial charge in [0.05, 0.1) is 48.3 Å². The van der Waals surface area contributed by atoms with Crippen LogP contribution in [0.1, 0.15) is 89.7 Å². The molecule has 2 heterocycles. The lowest BCUT2D eigenvalue weighted by Crippen LogP contribution is -2.34. The fourth-order valence-electron chi connectivity index (χ4n) is 6.26. The van der Waals surface area contributed by atoms with Crippen LogP contribution in [0.25, 0.3) is 10.9 Å². The number of nitrogens with zero attached hydrogens (tertiary/aromatic N) is 4. The third-order valence-electron chi connectivity index (χ3n) is 8.65. The Labute approximate surface area is 241 Å². The van der Waals surface area contributed by atoms with Gasteiger partial charge in [-0.25, -0.2) is 4.98 Å². The van der Waals surface area contributed by atoms with Gasteiger partial charge in [-0.3, -0.25) is 9.48 Å². The quantitative estimate of drug-likeness (QED) is 0.212. The maximum Gasteiger partial charge on any atom is 0.308 e. The van der Waals surface area contributed by atoms with E-state index >= 15 is 0 Å². The molecule has 2 aromatic heterocycles. The Morgan fingerprint density at radius 1 is 1.15 bits per heavy atom. The normalized spacial score (nSPS) is 24.5. The lowest BCUT2D eigenvalue weighted by atomic mass is 9.75. The molecule has 2 saturated carbocycles. The van der Waals surface area contributed by atoms with Crippen LogP contribution in [-0.2, 0) is 15.1 Å². The van der Waals surface area contributed by atoms with E-state index in [1.807, 2.05) is 41.9 Å². The van der Waals surface area contributed by atoms with E-state index in [1.54, 1.807) is 6.20 Å². The number of hydrogen-bond acceptors (Lipinski definition) is 8. The first-order valence-corrected chi connectivity index (χ1v) is 15.1. The Balaban J connectivity index is 1.40. The molecule has 5 rings (SSSR count). The summed E-state index contributed by atoms with van der Waals surface area (Å²) in [5.41, 5.74) is 1.61. The number of anilines is 2. The molecule has 1 aromatic carbocycles. The molecule has 0 bridgehead atoms. The summed E-state index contributed by atoms with van der Waals surface area (Å²) in [6.45, 7) is 4.89. The maximum absolute atomic E-state index is 12.1. The molecule has 9 heteroatoms. The van der Waals surface area contributed by atoms with Gasteiger partial charge in [-0.05, 0) is 75.6 Å². The number of nitriles is 1. The third kappa shape index (κ3) is 6.18. The van der Waals surface area contributed by atoms with Crippen molar-refractivity contribution in [2.75, 3.05) is 18.5 Å². The number of fused-ring (bicyclic) bond motifs is 1. The second kappa shape index (κ2) is 12.9. The van der Waals surface area contributed by atoms with Gasteiger partial charge in [0.2, 0.25) is 5.88 Å². The smallest absolute Gasteiger partial charge is 0.308 e. The van der Waals surface area contributed by atoms with Crippen LogP contribution in [0.5, 0.6) is 5.88 Å². The number of benzene rings is 1. The van der Waals surface area contributed by atoms with Gasteiger partial charge < -0.3 is 19.9 Å². The summed E-state index contributed by atoms with van der Waals surface area (Å²) in [6.07, 6.45) is 9.88. The molecule has 0 saturated heterocycles. The van der Waals surface area contributed by atoms with E-state index in [-0.39, 0.29) is 23.8 Å². The van der Waals surface area contributed by atoms with Gasteiger partial charge in [0.25, 0.3) is 0 Å². The van der Waals surface area contributed by atoms with Crippen molar-refractivity contribution in [3.8, 4) is 11.9 Å². The van der Waals surface area contributed by atoms with Crippen molar-refractivity contribution < 1.29 is 19.4 Å². The van der Waals surface area contributed by atoms with E-state index in [0.717, 1.165) is 60.7 Å². The van der Waals surface area contributed by atoms with Crippen LogP contribution >= 0.6 is 0 Å². The number of esters is 1. The van der Waals surface area contributed by atoms with Crippen LogP contribution in [0.2, 0.25) is 0 Å². The predicted octanol–water partition coefficient (Wildman–Crippen LogP) is 6.55. The molecule has 41 heavy (non-hydrogen) atoms.